The van der Waals surface area contributed by atoms with Gasteiger partial charge in [0.2, 0.25) is 0 Å². The van der Waals surface area contributed by atoms with Crippen molar-refractivity contribution in [3.8, 4) is 17.0 Å². The number of H-pyrrole nitrogens is 1. The van der Waals surface area contributed by atoms with Gasteiger partial charge in [0.25, 0.3) is 11.6 Å². The lowest BCUT2D eigenvalue weighted by Crippen LogP contribution is -2.29. The monoisotopic (exact) mass is 512 g/mol. The highest BCUT2D eigenvalue weighted by molar-refractivity contribution is 6.12. The number of nitrogens with zero attached hydrogens (tertiary/aromatic N) is 3. The largest absolute Gasteiger partial charge is 0.494 e. The molecule has 1 N–H and O–H groups in total. The number of carbonyl (C=O) groups is 2. The summed E-state index contributed by atoms with van der Waals surface area (Å²) in [4.78, 5) is 38.5. The molecule has 0 radical (unpaired) electrons. The summed E-state index contributed by atoms with van der Waals surface area (Å²) in [6.45, 7) is 4.40. The molecule has 38 heavy (non-hydrogen) atoms. The molecule has 0 spiro atoms. The fourth-order valence-corrected chi connectivity index (χ4v) is 4.61. The Morgan fingerprint density at radius 3 is 2.45 bits per heavy atom. The highest BCUT2D eigenvalue weighted by Crippen LogP contribution is 2.45. The van der Waals surface area contributed by atoms with Gasteiger partial charge < -0.3 is 9.47 Å². The van der Waals surface area contributed by atoms with Gasteiger partial charge in [0.15, 0.2) is 0 Å². The van der Waals surface area contributed by atoms with E-state index in [0.717, 1.165) is 5.56 Å². The van der Waals surface area contributed by atoms with Crippen molar-refractivity contribution in [2.24, 2.45) is 0 Å². The molecule has 0 unspecified atom stereocenters. The molecule has 3 aromatic carbocycles. The molecule has 1 amide bonds. The maximum absolute atomic E-state index is 13.7. The van der Waals surface area contributed by atoms with Gasteiger partial charge in [-0.3, -0.25) is 24.9 Å². The Morgan fingerprint density at radius 2 is 1.79 bits per heavy atom. The van der Waals surface area contributed by atoms with Gasteiger partial charge >= 0.3 is 5.97 Å². The molecule has 0 aliphatic carbocycles. The van der Waals surface area contributed by atoms with E-state index < -0.39 is 16.9 Å². The molecule has 0 fully saturated rings. The number of aromatic amines is 1. The summed E-state index contributed by atoms with van der Waals surface area (Å²) in [6, 6.07) is 19.3. The first-order valence-corrected chi connectivity index (χ1v) is 12.1. The number of nitro benzene ring substituents is 1. The Labute approximate surface area is 218 Å². The second-order valence-corrected chi connectivity index (χ2v) is 8.52. The molecule has 1 atom stereocenters. The van der Waals surface area contributed by atoms with Gasteiger partial charge in [-0.05, 0) is 67.9 Å². The van der Waals surface area contributed by atoms with Crippen LogP contribution in [-0.4, -0.2) is 40.2 Å². The molecule has 0 saturated heterocycles. The first-order chi connectivity index (χ1) is 18.4. The number of hydrogen-bond donors (Lipinski definition) is 1. The summed E-state index contributed by atoms with van der Waals surface area (Å²) in [5.41, 5.74) is 3.54. The van der Waals surface area contributed by atoms with Crippen molar-refractivity contribution in [1.29, 1.82) is 0 Å². The number of anilines is 1. The standard InChI is InChI=1S/C28H24N4O6/c1-3-37-22-14-10-17(11-15-22)24-23-25(30-29-24)27(33)31(20-12-8-18(9-13-20)28(34)38-4-2)26(23)19-6-5-7-21(16-19)32(35)36/h5-16,26H,3-4H2,1-2H3,(H,29,30)/t26-/m1/s1. The van der Waals surface area contributed by atoms with Gasteiger partial charge in [-0.15, -0.1) is 0 Å². The minimum absolute atomic E-state index is 0.0906. The topological polar surface area (TPSA) is 128 Å². The lowest BCUT2D eigenvalue weighted by atomic mass is 9.95. The third kappa shape index (κ3) is 4.36. The van der Waals surface area contributed by atoms with Gasteiger partial charge in [0.1, 0.15) is 11.4 Å². The first kappa shape index (κ1) is 24.7. The van der Waals surface area contributed by atoms with Crippen LogP contribution in [0, 0.1) is 10.1 Å². The van der Waals surface area contributed by atoms with E-state index in [1.54, 1.807) is 48.2 Å². The normalized spacial score (nSPS) is 14.3. The summed E-state index contributed by atoms with van der Waals surface area (Å²) in [7, 11) is 0. The number of benzene rings is 3. The molecule has 192 valence electrons. The number of nitrogens with one attached hydrogen (secondary N) is 1. The number of carbonyl (C=O) groups excluding carboxylic acids is 2. The van der Waals surface area contributed by atoms with Crippen LogP contribution >= 0.6 is 0 Å². The molecule has 0 bridgehead atoms. The Bertz CT molecular complexity index is 1510. The maximum atomic E-state index is 13.7. The fourth-order valence-electron chi connectivity index (χ4n) is 4.61. The highest BCUT2D eigenvalue weighted by atomic mass is 16.6. The number of fused-ring (bicyclic) bond motifs is 1. The zero-order chi connectivity index (χ0) is 26.8. The average Bonchev–Trinajstić information content (AvgIpc) is 3.48. The van der Waals surface area contributed by atoms with Crippen molar-refractivity contribution >= 4 is 23.3 Å². The smallest absolute Gasteiger partial charge is 0.338 e. The molecule has 1 aliphatic rings. The van der Waals surface area contributed by atoms with E-state index >= 15 is 0 Å². The van der Waals surface area contributed by atoms with Gasteiger partial charge in [0, 0.05) is 28.9 Å². The van der Waals surface area contributed by atoms with Crippen molar-refractivity contribution in [2.45, 2.75) is 19.9 Å². The van der Waals surface area contributed by atoms with Crippen LogP contribution in [0.25, 0.3) is 11.3 Å². The molecular weight excluding hydrogens is 488 g/mol. The van der Waals surface area contributed by atoms with E-state index in [9.17, 15) is 19.7 Å². The minimum Gasteiger partial charge on any atom is -0.494 e. The van der Waals surface area contributed by atoms with Gasteiger partial charge in [-0.2, -0.15) is 5.10 Å². The number of hydrogen-bond acceptors (Lipinski definition) is 7. The zero-order valence-corrected chi connectivity index (χ0v) is 20.7. The van der Waals surface area contributed by atoms with Crippen LogP contribution in [0.1, 0.15) is 51.9 Å². The summed E-state index contributed by atoms with van der Waals surface area (Å²) in [5, 5.41) is 18.9. The molecule has 5 rings (SSSR count). The van der Waals surface area contributed by atoms with E-state index in [1.807, 2.05) is 31.2 Å². The molecule has 10 heteroatoms. The third-order valence-corrected chi connectivity index (χ3v) is 6.26. The van der Waals surface area contributed by atoms with E-state index in [4.69, 9.17) is 9.47 Å². The summed E-state index contributed by atoms with van der Waals surface area (Å²) < 4.78 is 10.6. The number of rotatable bonds is 8. The van der Waals surface area contributed by atoms with Crippen molar-refractivity contribution < 1.29 is 24.0 Å². The van der Waals surface area contributed by atoms with Crippen LogP contribution in [0.15, 0.2) is 72.8 Å². The van der Waals surface area contributed by atoms with E-state index in [1.165, 1.54) is 12.1 Å². The average molecular weight is 513 g/mol. The number of ether oxygens (including phenoxy) is 2. The third-order valence-electron chi connectivity index (χ3n) is 6.26. The van der Waals surface area contributed by atoms with Crippen LogP contribution in [-0.2, 0) is 4.74 Å². The highest BCUT2D eigenvalue weighted by Gasteiger charge is 2.43. The second kappa shape index (κ2) is 10.2. The van der Waals surface area contributed by atoms with Crippen molar-refractivity contribution in [3.63, 3.8) is 0 Å². The Kier molecular flexibility index (Phi) is 6.61. The number of aromatic nitrogens is 2. The molecule has 1 aromatic heterocycles. The van der Waals surface area contributed by atoms with Gasteiger partial charge in [0.05, 0.1) is 35.4 Å². The van der Waals surface area contributed by atoms with Crippen LogP contribution in [0.5, 0.6) is 5.75 Å². The van der Waals surface area contributed by atoms with Gasteiger partial charge in [-0.1, -0.05) is 12.1 Å². The lowest BCUT2D eigenvalue weighted by molar-refractivity contribution is -0.384. The summed E-state index contributed by atoms with van der Waals surface area (Å²) >= 11 is 0. The van der Waals surface area contributed by atoms with Crippen LogP contribution in [0.3, 0.4) is 0 Å². The number of nitro groups is 1. The van der Waals surface area contributed by atoms with E-state index in [2.05, 4.69) is 10.2 Å². The quantitative estimate of drug-likeness (QED) is 0.192. The van der Waals surface area contributed by atoms with Gasteiger partial charge in [-0.25, -0.2) is 4.79 Å². The maximum Gasteiger partial charge on any atom is 0.338 e. The SMILES string of the molecule is CCOC(=O)c1ccc(N2C(=O)c3[nH]nc(-c4ccc(OCC)cc4)c3[C@H]2c2cccc([N+](=O)[O-])c2)cc1. The predicted molar refractivity (Wildman–Crippen MR) is 139 cm³/mol. The van der Waals surface area contributed by atoms with E-state index in [-0.39, 0.29) is 18.2 Å². The molecule has 1 aliphatic heterocycles. The predicted octanol–water partition coefficient (Wildman–Crippen LogP) is 5.31. The Hall–Kier alpha value is -4.99. The van der Waals surface area contributed by atoms with Crippen LogP contribution in [0.4, 0.5) is 11.4 Å². The Balaban J connectivity index is 1.63. The fraction of sp³-hybridized carbons (Fsp3) is 0.179. The second-order valence-electron chi connectivity index (χ2n) is 8.52. The lowest BCUT2D eigenvalue weighted by Gasteiger charge is -2.26. The number of esters is 1. The molecule has 0 saturated carbocycles. The molecule has 2 heterocycles. The first-order valence-electron chi connectivity index (χ1n) is 12.1. The molecule has 4 aromatic rings. The summed E-state index contributed by atoms with van der Waals surface area (Å²) in [6.07, 6.45) is 0. The van der Waals surface area contributed by atoms with Crippen LogP contribution < -0.4 is 9.64 Å². The minimum atomic E-state index is -0.703. The Morgan fingerprint density at radius 1 is 1.05 bits per heavy atom. The van der Waals surface area contributed by atoms with E-state index in [0.29, 0.717) is 46.1 Å². The number of amides is 1. The van der Waals surface area contributed by atoms with Crippen LogP contribution in [0.2, 0.25) is 0 Å². The zero-order valence-electron chi connectivity index (χ0n) is 20.7. The molecule has 10 nitrogen and oxygen atoms in total. The summed E-state index contributed by atoms with van der Waals surface area (Å²) in [5.74, 6) is -0.0997. The molecular formula is C28H24N4O6. The van der Waals surface area contributed by atoms with Crippen molar-refractivity contribution in [1.82, 2.24) is 10.2 Å². The van der Waals surface area contributed by atoms with Crippen molar-refractivity contribution in [3.05, 3.63) is 105 Å². The number of non-ortho nitro benzene ring substituents is 1. The van der Waals surface area contributed by atoms with Crippen molar-refractivity contribution in [2.75, 3.05) is 18.1 Å².